The molecule has 3 rings (SSSR count). The summed E-state index contributed by atoms with van der Waals surface area (Å²) in [6.07, 6.45) is 2.22. The molecule has 1 fully saturated rings. The third kappa shape index (κ3) is 3.86. The van der Waals surface area contributed by atoms with Crippen LogP contribution in [0.2, 0.25) is 0 Å². The van der Waals surface area contributed by atoms with Crippen LogP contribution in [0.3, 0.4) is 0 Å². The van der Waals surface area contributed by atoms with Crippen LogP contribution in [0.15, 0.2) is 39.2 Å². The van der Waals surface area contributed by atoms with Crippen LogP contribution in [0.4, 0.5) is 0 Å². The molecule has 118 valence electrons. The summed E-state index contributed by atoms with van der Waals surface area (Å²) >= 11 is 3.52. The monoisotopic (exact) mass is 335 g/mol. The molecule has 0 aromatic carbocycles. The molecule has 0 spiro atoms. The smallest absolute Gasteiger partial charge is 0.143 e. The Morgan fingerprint density at radius 2 is 1.73 bits per heavy atom. The number of aliphatic hydroxyl groups is 1. The minimum atomic E-state index is -0.181. The first-order chi connectivity index (χ1) is 10.9. The van der Waals surface area contributed by atoms with E-state index < -0.39 is 0 Å². The van der Waals surface area contributed by atoms with E-state index in [1.807, 2.05) is 0 Å². The van der Waals surface area contributed by atoms with E-state index in [2.05, 4.69) is 38.6 Å². The predicted octanol–water partition coefficient (Wildman–Crippen LogP) is 3.67. The molecular weight excluding hydrogens is 314 g/mol. The maximum atomic E-state index is 8.68. The van der Waals surface area contributed by atoms with Gasteiger partial charge in [0.2, 0.25) is 0 Å². The molecule has 0 bridgehead atoms. The predicted molar refractivity (Wildman–Crippen MR) is 93.4 cm³/mol. The number of ether oxygens (including phenoxy) is 1. The zero-order valence-corrected chi connectivity index (χ0v) is 14.2. The molecule has 0 unspecified atom stereocenters. The first-order valence-corrected chi connectivity index (χ1v) is 9.45. The Morgan fingerprint density at radius 1 is 1.09 bits per heavy atom. The fourth-order valence-corrected chi connectivity index (χ4v) is 4.24. The van der Waals surface area contributed by atoms with Crippen LogP contribution in [0.25, 0.3) is 5.57 Å². The molecule has 3 nitrogen and oxygen atoms in total. The van der Waals surface area contributed by atoms with Gasteiger partial charge in [-0.05, 0) is 63.2 Å². The van der Waals surface area contributed by atoms with E-state index in [-0.39, 0.29) is 6.79 Å². The van der Waals surface area contributed by atoms with Gasteiger partial charge >= 0.3 is 0 Å². The van der Waals surface area contributed by atoms with Crippen molar-refractivity contribution >= 4 is 28.2 Å². The molecule has 0 saturated carbocycles. The topological polar surface area (TPSA) is 32.7 Å². The van der Waals surface area contributed by atoms with Gasteiger partial charge in [-0.25, -0.2) is 0 Å². The lowest BCUT2D eigenvalue weighted by Gasteiger charge is -2.29. The highest BCUT2D eigenvalue weighted by molar-refractivity contribution is 7.08. The highest BCUT2D eigenvalue weighted by Gasteiger charge is 2.19. The molecular formula is C17H21NO2S2. The molecule has 0 atom stereocenters. The molecule has 1 N–H and O–H groups in total. The summed E-state index contributed by atoms with van der Waals surface area (Å²) in [6.45, 7) is 3.47. The van der Waals surface area contributed by atoms with Crippen LogP contribution in [0, 0.1) is 0 Å². The molecule has 3 heterocycles. The first-order valence-electron chi connectivity index (χ1n) is 7.56. The average Bonchev–Trinajstić information content (AvgIpc) is 3.24. The average molecular weight is 335 g/mol. The van der Waals surface area contributed by atoms with Crippen LogP contribution < -0.4 is 0 Å². The van der Waals surface area contributed by atoms with Gasteiger partial charge in [-0.15, -0.1) is 0 Å². The summed E-state index contributed by atoms with van der Waals surface area (Å²) in [4.78, 5) is 2.41. The summed E-state index contributed by atoms with van der Waals surface area (Å²) in [7, 11) is 0. The van der Waals surface area contributed by atoms with Crippen LogP contribution in [0.5, 0.6) is 0 Å². The highest BCUT2D eigenvalue weighted by atomic mass is 32.1. The second-order valence-electron chi connectivity index (χ2n) is 5.38. The molecule has 5 heteroatoms. The van der Waals surface area contributed by atoms with Crippen molar-refractivity contribution in [3.8, 4) is 0 Å². The van der Waals surface area contributed by atoms with Crippen LogP contribution >= 0.6 is 22.7 Å². The van der Waals surface area contributed by atoms with E-state index in [9.17, 15) is 0 Å². The Morgan fingerprint density at radius 3 is 2.23 bits per heavy atom. The minimum Gasteiger partial charge on any atom is -0.371 e. The van der Waals surface area contributed by atoms with Crippen molar-refractivity contribution in [3.63, 3.8) is 0 Å². The minimum absolute atomic E-state index is 0.181. The fraction of sp³-hybridized carbons (Fsp3) is 0.412. The fourth-order valence-electron chi connectivity index (χ4n) is 2.94. The van der Waals surface area contributed by atoms with Gasteiger partial charge in [-0.3, -0.25) is 0 Å². The van der Waals surface area contributed by atoms with Crippen molar-refractivity contribution in [1.82, 2.24) is 4.90 Å². The van der Waals surface area contributed by atoms with Crippen molar-refractivity contribution < 1.29 is 9.84 Å². The summed E-state index contributed by atoms with van der Waals surface area (Å²) in [5, 5.41) is 17.5. The number of rotatable bonds is 6. The van der Waals surface area contributed by atoms with Crippen molar-refractivity contribution in [2.75, 3.05) is 33.0 Å². The van der Waals surface area contributed by atoms with E-state index in [0.29, 0.717) is 6.61 Å². The number of piperidine rings is 1. The second-order valence-corrected chi connectivity index (χ2v) is 6.94. The van der Waals surface area contributed by atoms with E-state index in [1.54, 1.807) is 28.2 Å². The zero-order valence-electron chi connectivity index (χ0n) is 12.5. The summed E-state index contributed by atoms with van der Waals surface area (Å²) < 4.78 is 5.03. The number of nitrogens with zero attached hydrogens (tertiary/aromatic N) is 1. The number of hydrogen-bond acceptors (Lipinski definition) is 5. The second kappa shape index (κ2) is 8.04. The van der Waals surface area contributed by atoms with Gasteiger partial charge in [0.25, 0.3) is 0 Å². The third-order valence-electron chi connectivity index (χ3n) is 4.08. The SMILES string of the molecule is OCOCCN1CCC(=C(c2ccsc2)c2ccsc2)CC1. The van der Waals surface area contributed by atoms with Gasteiger partial charge in [0, 0.05) is 19.6 Å². The Bertz CT molecular complexity index is 544. The molecule has 1 aliphatic rings. The van der Waals surface area contributed by atoms with Crippen molar-refractivity contribution in [2.45, 2.75) is 12.8 Å². The van der Waals surface area contributed by atoms with Crippen LogP contribution in [-0.4, -0.2) is 43.0 Å². The molecule has 0 amide bonds. The number of thiophene rings is 2. The molecule has 2 aromatic rings. The largest absolute Gasteiger partial charge is 0.371 e. The van der Waals surface area contributed by atoms with Gasteiger partial charge in [-0.1, -0.05) is 5.57 Å². The standard InChI is InChI=1S/C17H21NO2S2/c19-13-20-8-7-18-5-1-14(2-6-18)17(15-3-9-21-11-15)16-4-10-22-12-16/h3-4,9-12,19H,1-2,5-8,13H2. The zero-order chi connectivity index (χ0) is 15.2. The van der Waals surface area contributed by atoms with Gasteiger partial charge in [0.15, 0.2) is 0 Å². The summed E-state index contributed by atoms with van der Waals surface area (Å²) in [5.74, 6) is 0. The van der Waals surface area contributed by atoms with Gasteiger partial charge in [0.1, 0.15) is 6.79 Å². The quantitative estimate of drug-likeness (QED) is 0.646. The summed E-state index contributed by atoms with van der Waals surface area (Å²) in [5.41, 5.74) is 5.72. The van der Waals surface area contributed by atoms with Crippen molar-refractivity contribution in [3.05, 3.63) is 50.4 Å². The maximum absolute atomic E-state index is 8.68. The maximum Gasteiger partial charge on any atom is 0.143 e. The molecule has 1 saturated heterocycles. The number of hydrogen-bond donors (Lipinski definition) is 1. The molecule has 0 aliphatic carbocycles. The Labute approximate surface area is 139 Å². The normalized spacial score (nSPS) is 16.1. The molecule has 0 radical (unpaired) electrons. The van der Waals surface area contributed by atoms with E-state index in [4.69, 9.17) is 9.84 Å². The lowest BCUT2D eigenvalue weighted by atomic mass is 9.91. The van der Waals surface area contributed by atoms with Gasteiger partial charge in [0.05, 0.1) is 6.61 Å². The van der Waals surface area contributed by atoms with Gasteiger partial charge < -0.3 is 14.7 Å². The van der Waals surface area contributed by atoms with Crippen LogP contribution in [-0.2, 0) is 4.74 Å². The highest BCUT2D eigenvalue weighted by Crippen LogP contribution is 2.34. The molecule has 2 aromatic heterocycles. The number of aliphatic hydroxyl groups excluding tert-OH is 1. The van der Waals surface area contributed by atoms with Gasteiger partial charge in [-0.2, -0.15) is 22.7 Å². The van der Waals surface area contributed by atoms with Crippen molar-refractivity contribution in [2.24, 2.45) is 0 Å². The lowest BCUT2D eigenvalue weighted by molar-refractivity contribution is -0.0104. The third-order valence-corrected chi connectivity index (χ3v) is 5.44. The summed E-state index contributed by atoms with van der Waals surface area (Å²) in [6, 6.07) is 4.46. The molecule has 1 aliphatic heterocycles. The molecule has 22 heavy (non-hydrogen) atoms. The van der Waals surface area contributed by atoms with Crippen molar-refractivity contribution in [1.29, 1.82) is 0 Å². The Hall–Kier alpha value is -0.980. The first kappa shape index (κ1) is 15.9. The Kier molecular flexibility index (Phi) is 5.81. The number of likely N-dealkylation sites (tertiary alicyclic amines) is 1. The Balaban J connectivity index is 1.73. The van der Waals surface area contributed by atoms with E-state index >= 15 is 0 Å². The lowest BCUT2D eigenvalue weighted by Crippen LogP contribution is -2.34. The van der Waals surface area contributed by atoms with Crippen LogP contribution in [0.1, 0.15) is 24.0 Å². The van der Waals surface area contributed by atoms with E-state index in [1.165, 1.54) is 16.7 Å². The van der Waals surface area contributed by atoms with E-state index in [0.717, 1.165) is 32.5 Å².